The van der Waals surface area contributed by atoms with Gasteiger partial charge >= 0.3 is 12.0 Å². The quantitative estimate of drug-likeness (QED) is 0.702. The summed E-state index contributed by atoms with van der Waals surface area (Å²) >= 11 is 0. The lowest BCUT2D eigenvalue weighted by atomic mass is 10.1. The number of anilines is 1. The van der Waals surface area contributed by atoms with E-state index in [2.05, 4.69) is 10.6 Å². The van der Waals surface area contributed by atoms with Crippen molar-refractivity contribution in [2.24, 2.45) is 5.92 Å². The predicted octanol–water partition coefficient (Wildman–Crippen LogP) is 2.76. The number of aliphatic carboxylic acids is 1. The number of nitrogens with one attached hydrogen (secondary N) is 2. The Morgan fingerprint density at radius 2 is 2.10 bits per heavy atom. The fourth-order valence-corrected chi connectivity index (χ4v) is 1.67. The number of hydrogen-bond acceptors (Lipinski definition) is 2. The number of halogens is 1. The van der Waals surface area contributed by atoms with E-state index in [4.69, 9.17) is 5.11 Å². The molecule has 0 fully saturated rings. The molecule has 0 aliphatic carbocycles. The van der Waals surface area contributed by atoms with E-state index in [0.29, 0.717) is 30.6 Å². The molecule has 0 aromatic heterocycles. The molecule has 0 radical (unpaired) electrons. The van der Waals surface area contributed by atoms with E-state index in [1.165, 1.54) is 18.2 Å². The first-order valence-corrected chi connectivity index (χ1v) is 6.44. The number of aryl methyl sites for hydroxylation is 1. The predicted molar refractivity (Wildman–Crippen MR) is 74.2 cm³/mol. The topological polar surface area (TPSA) is 78.4 Å². The van der Waals surface area contributed by atoms with Crippen molar-refractivity contribution >= 4 is 17.7 Å². The molecule has 0 saturated carbocycles. The van der Waals surface area contributed by atoms with Crippen molar-refractivity contribution in [1.82, 2.24) is 5.32 Å². The molecule has 0 saturated heterocycles. The zero-order valence-electron chi connectivity index (χ0n) is 11.6. The summed E-state index contributed by atoms with van der Waals surface area (Å²) in [7, 11) is 0. The van der Waals surface area contributed by atoms with Crippen molar-refractivity contribution in [3.8, 4) is 0 Å². The molecular formula is C14H19FN2O3. The molecule has 1 rings (SSSR count). The van der Waals surface area contributed by atoms with Gasteiger partial charge in [-0.15, -0.1) is 0 Å². The summed E-state index contributed by atoms with van der Waals surface area (Å²) in [5.74, 6) is -1.60. The zero-order chi connectivity index (χ0) is 15.1. The molecular weight excluding hydrogens is 263 g/mol. The Bertz CT molecular complexity index is 491. The SMILES string of the molecule is Cc1cc(F)ccc1NC(=O)NCCCC(C)C(=O)O. The van der Waals surface area contributed by atoms with Crippen LogP contribution < -0.4 is 10.6 Å². The average molecular weight is 282 g/mol. The van der Waals surface area contributed by atoms with E-state index >= 15 is 0 Å². The molecule has 1 unspecified atom stereocenters. The molecule has 1 aromatic rings. The molecule has 0 aliphatic heterocycles. The van der Waals surface area contributed by atoms with Gasteiger partial charge in [-0.1, -0.05) is 6.92 Å². The number of carboxylic acid groups (broad SMARTS) is 1. The molecule has 110 valence electrons. The van der Waals surface area contributed by atoms with E-state index in [-0.39, 0.29) is 11.8 Å². The van der Waals surface area contributed by atoms with Crippen LogP contribution >= 0.6 is 0 Å². The second-order valence-electron chi connectivity index (χ2n) is 4.72. The molecule has 20 heavy (non-hydrogen) atoms. The Kier molecular flexibility index (Phi) is 5.96. The molecule has 1 atom stereocenters. The van der Waals surface area contributed by atoms with Crippen LogP contribution in [-0.2, 0) is 4.79 Å². The Labute approximate surface area is 117 Å². The van der Waals surface area contributed by atoms with Crippen molar-refractivity contribution in [1.29, 1.82) is 0 Å². The lowest BCUT2D eigenvalue weighted by Gasteiger charge is -2.10. The highest BCUT2D eigenvalue weighted by atomic mass is 19.1. The molecule has 0 bridgehead atoms. The fraction of sp³-hybridized carbons (Fsp3) is 0.429. The van der Waals surface area contributed by atoms with Crippen LogP contribution in [0.1, 0.15) is 25.3 Å². The summed E-state index contributed by atoms with van der Waals surface area (Å²) in [6, 6.07) is 3.72. The highest BCUT2D eigenvalue weighted by molar-refractivity contribution is 5.89. The van der Waals surface area contributed by atoms with Crippen molar-refractivity contribution in [3.63, 3.8) is 0 Å². The fourth-order valence-electron chi connectivity index (χ4n) is 1.67. The molecule has 6 heteroatoms. The molecule has 1 aromatic carbocycles. The Hall–Kier alpha value is -2.11. The lowest BCUT2D eigenvalue weighted by molar-refractivity contribution is -0.141. The van der Waals surface area contributed by atoms with Crippen LogP contribution in [0, 0.1) is 18.7 Å². The van der Waals surface area contributed by atoms with Gasteiger partial charge in [0.25, 0.3) is 0 Å². The maximum atomic E-state index is 12.9. The third-order valence-electron chi connectivity index (χ3n) is 2.96. The minimum atomic E-state index is -0.837. The lowest BCUT2D eigenvalue weighted by Crippen LogP contribution is -2.30. The molecule has 0 aliphatic rings. The van der Waals surface area contributed by atoms with Crippen LogP contribution in [0.15, 0.2) is 18.2 Å². The summed E-state index contributed by atoms with van der Waals surface area (Å²) < 4.78 is 12.9. The van der Waals surface area contributed by atoms with Gasteiger partial charge in [-0.2, -0.15) is 0 Å². The highest BCUT2D eigenvalue weighted by Gasteiger charge is 2.10. The largest absolute Gasteiger partial charge is 0.481 e. The van der Waals surface area contributed by atoms with Crippen LogP contribution in [0.4, 0.5) is 14.9 Å². The smallest absolute Gasteiger partial charge is 0.319 e. The van der Waals surface area contributed by atoms with Gasteiger partial charge < -0.3 is 15.7 Å². The second kappa shape index (κ2) is 7.47. The van der Waals surface area contributed by atoms with Gasteiger partial charge in [-0.05, 0) is 43.5 Å². The zero-order valence-corrected chi connectivity index (χ0v) is 11.6. The number of carbonyl (C=O) groups is 2. The standard InChI is InChI=1S/C14H19FN2O3/c1-9(13(18)19)4-3-7-16-14(20)17-12-6-5-11(15)8-10(12)2/h5-6,8-9H,3-4,7H2,1-2H3,(H,18,19)(H2,16,17,20). The first-order chi connectivity index (χ1) is 9.40. The first kappa shape index (κ1) is 15.9. The minimum absolute atomic E-state index is 0.351. The third kappa shape index (κ3) is 5.26. The van der Waals surface area contributed by atoms with Crippen LogP contribution in [0.2, 0.25) is 0 Å². The maximum Gasteiger partial charge on any atom is 0.319 e. The van der Waals surface area contributed by atoms with Crippen molar-refractivity contribution in [2.45, 2.75) is 26.7 Å². The van der Waals surface area contributed by atoms with Crippen LogP contribution in [0.25, 0.3) is 0 Å². The van der Waals surface area contributed by atoms with Crippen molar-refractivity contribution < 1.29 is 19.1 Å². The normalized spacial score (nSPS) is 11.8. The second-order valence-corrected chi connectivity index (χ2v) is 4.72. The van der Waals surface area contributed by atoms with Gasteiger partial charge in [0.2, 0.25) is 0 Å². The number of carboxylic acids is 1. The van der Waals surface area contributed by atoms with Crippen LogP contribution in [0.5, 0.6) is 0 Å². The summed E-state index contributed by atoms with van der Waals surface area (Å²) in [5, 5.41) is 14.0. The van der Waals surface area contributed by atoms with E-state index in [0.717, 1.165) is 0 Å². The monoisotopic (exact) mass is 282 g/mol. The Morgan fingerprint density at radius 1 is 1.40 bits per heavy atom. The maximum absolute atomic E-state index is 12.9. The van der Waals surface area contributed by atoms with Gasteiger partial charge in [0, 0.05) is 12.2 Å². The number of amides is 2. The Morgan fingerprint density at radius 3 is 2.70 bits per heavy atom. The van der Waals surface area contributed by atoms with Gasteiger partial charge in [0.05, 0.1) is 5.92 Å². The Balaban J connectivity index is 2.32. The van der Waals surface area contributed by atoms with Crippen LogP contribution in [-0.4, -0.2) is 23.7 Å². The highest BCUT2D eigenvalue weighted by Crippen LogP contribution is 2.15. The van der Waals surface area contributed by atoms with Crippen molar-refractivity contribution in [3.05, 3.63) is 29.6 Å². The summed E-state index contributed by atoms with van der Waals surface area (Å²) in [5.41, 5.74) is 1.18. The summed E-state index contributed by atoms with van der Waals surface area (Å²) in [6.07, 6.45) is 1.09. The van der Waals surface area contributed by atoms with Gasteiger partial charge in [0.1, 0.15) is 5.82 Å². The van der Waals surface area contributed by atoms with Crippen molar-refractivity contribution in [2.75, 3.05) is 11.9 Å². The number of benzene rings is 1. The minimum Gasteiger partial charge on any atom is -0.481 e. The van der Waals surface area contributed by atoms with Gasteiger partial charge in [-0.3, -0.25) is 4.79 Å². The average Bonchev–Trinajstić information content (AvgIpc) is 2.37. The van der Waals surface area contributed by atoms with Gasteiger partial charge in [0.15, 0.2) is 0 Å². The van der Waals surface area contributed by atoms with E-state index in [1.54, 1.807) is 13.8 Å². The summed E-state index contributed by atoms with van der Waals surface area (Å²) in [6.45, 7) is 3.72. The van der Waals surface area contributed by atoms with Crippen LogP contribution in [0.3, 0.4) is 0 Å². The van der Waals surface area contributed by atoms with E-state index in [1.807, 2.05) is 0 Å². The number of rotatable bonds is 6. The number of urea groups is 1. The third-order valence-corrected chi connectivity index (χ3v) is 2.96. The van der Waals surface area contributed by atoms with Gasteiger partial charge in [-0.25, -0.2) is 9.18 Å². The molecule has 0 heterocycles. The van der Waals surface area contributed by atoms with E-state index in [9.17, 15) is 14.0 Å². The van der Waals surface area contributed by atoms with E-state index < -0.39 is 11.9 Å². The first-order valence-electron chi connectivity index (χ1n) is 6.44. The summed E-state index contributed by atoms with van der Waals surface area (Å²) in [4.78, 5) is 22.2. The molecule has 0 spiro atoms. The number of hydrogen-bond donors (Lipinski definition) is 3. The number of carbonyl (C=O) groups excluding carboxylic acids is 1. The molecule has 2 amide bonds. The molecule has 3 N–H and O–H groups in total. The molecule has 5 nitrogen and oxygen atoms in total.